The number of rotatable bonds is 3. The van der Waals surface area contributed by atoms with Gasteiger partial charge < -0.3 is 5.32 Å². The maximum absolute atomic E-state index is 13.1. The van der Waals surface area contributed by atoms with Crippen LogP contribution in [-0.2, 0) is 0 Å². The predicted octanol–water partition coefficient (Wildman–Crippen LogP) is 4.74. The molecule has 0 bridgehead atoms. The number of carbonyl (C=O) groups is 1. The Hall–Kier alpha value is -3.51. The third-order valence-corrected chi connectivity index (χ3v) is 4.84. The summed E-state index contributed by atoms with van der Waals surface area (Å²) in [6.45, 7) is 1.74. The average molecular weight is 408 g/mol. The fraction of sp³-hybridized carbons (Fsp3) is 0.0455. The van der Waals surface area contributed by atoms with Crippen molar-refractivity contribution >= 4 is 34.1 Å². The number of nitrogens with one attached hydrogen (secondary N) is 1. The van der Waals surface area contributed by atoms with Gasteiger partial charge in [0.15, 0.2) is 0 Å². The van der Waals surface area contributed by atoms with Gasteiger partial charge in [-0.05, 0) is 61.5 Å². The van der Waals surface area contributed by atoms with Crippen LogP contribution in [0.25, 0.3) is 16.6 Å². The number of anilines is 1. The minimum atomic E-state index is -0.440. The van der Waals surface area contributed by atoms with Gasteiger partial charge in [-0.15, -0.1) is 0 Å². The molecule has 5 nitrogen and oxygen atoms in total. The van der Waals surface area contributed by atoms with Crippen LogP contribution in [0.5, 0.6) is 0 Å². The van der Waals surface area contributed by atoms with Crippen LogP contribution in [0.1, 0.15) is 16.2 Å². The van der Waals surface area contributed by atoms with Crippen molar-refractivity contribution < 1.29 is 9.18 Å². The molecule has 1 heterocycles. The van der Waals surface area contributed by atoms with E-state index in [0.717, 1.165) is 0 Å². The van der Waals surface area contributed by atoms with E-state index in [1.165, 1.54) is 28.8 Å². The summed E-state index contributed by atoms with van der Waals surface area (Å²) in [6, 6.07) is 17.2. The molecule has 4 aromatic rings. The van der Waals surface area contributed by atoms with E-state index in [1.54, 1.807) is 43.3 Å². The van der Waals surface area contributed by atoms with E-state index >= 15 is 0 Å². The first kappa shape index (κ1) is 18.8. The Labute approximate surface area is 170 Å². The molecule has 29 heavy (non-hydrogen) atoms. The third-order valence-electron chi connectivity index (χ3n) is 4.51. The van der Waals surface area contributed by atoms with Crippen molar-refractivity contribution in [2.75, 3.05) is 5.32 Å². The Morgan fingerprint density at radius 3 is 2.55 bits per heavy atom. The van der Waals surface area contributed by atoms with E-state index in [9.17, 15) is 14.0 Å². The molecular formula is C22H15ClFN3O2. The first-order valence-electron chi connectivity index (χ1n) is 8.79. The summed E-state index contributed by atoms with van der Waals surface area (Å²) in [5.74, 6) is -0.364. The van der Waals surface area contributed by atoms with Gasteiger partial charge in [0.2, 0.25) is 0 Å². The molecule has 144 valence electrons. The molecule has 1 amide bonds. The predicted molar refractivity (Wildman–Crippen MR) is 111 cm³/mol. The van der Waals surface area contributed by atoms with Gasteiger partial charge in [-0.3, -0.25) is 14.2 Å². The lowest BCUT2D eigenvalue weighted by Gasteiger charge is -2.14. The standard InChI is InChI=1S/C22H15ClFN3O2/c1-13-25-19-5-3-2-4-17(19)22(29)27(13)16-10-11-18(23)20(12-16)26-21(28)14-6-8-15(24)9-7-14/h2-12H,1H3,(H,26,28). The molecule has 0 spiro atoms. The summed E-state index contributed by atoms with van der Waals surface area (Å²) in [5, 5.41) is 3.50. The molecule has 1 N–H and O–H groups in total. The minimum absolute atomic E-state index is 0.216. The number of fused-ring (bicyclic) bond motifs is 1. The largest absolute Gasteiger partial charge is 0.321 e. The first-order chi connectivity index (χ1) is 13.9. The lowest BCUT2D eigenvalue weighted by atomic mass is 10.2. The lowest BCUT2D eigenvalue weighted by molar-refractivity contribution is 0.102. The van der Waals surface area contributed by atoms with E-state index in [4.69, 9.17) is 11.6 Å². The maximum atomic E-state index is 13.1. The molecule has 0 saturated carbocycles. The Morgan fingerprint density at radius 2 is 1.79 bits per heavy atom. The van der Waals surface area contributed by atoms with Gasteiger partial charge in [0.1, 0.15) is 11.6 Å². The Morgan fingerprint density at radius 1 is 1.07 bits per heavy atom. The van der Waals surface area contributed by atoms with Crippen LogP contribution < -0.4 is 10.9 Å². The smallest absolute Gasteiger partial charge is 0.265 e. The van der Waals surface area contributed by atoms with E-state index in [1.807, 2.05) is 6.07 Å². The highest BCUT2D eigenvalue weighted by atomic mass is 35.5. The monoisotopic (exact) mass is 407 g/mol. The second-order valence-corrected chi connectivity index (χ2v) is 6.85. The fourth-order valence-electron chi connectivity index (χ4n) is 3.09. The number of nitrogens with zero attached hydrogens (tertiary/aromatic N) is 2. The van der Waals surface area contributed by atoms with Crippen molar-refractivity contribution in [1.82, 2.24) is 9.55 Å². The molecule has 0 radical (unpaired) electrons. The Kier molecular flexibility index (Phi) is 4.86. The number of amides is 1. The first-order valence-corrected chi connectivity index (χ1v) is 9.17. The molecule has 3 aromatic carbocycles. The van der Waals surface area contributed by atoms with Crippen molar-refractivity contribution in [1.29, 1.82) is 0 Å². The molecule has 0 aliphatic heterocycles. The molecule has 7 heteroatoms. The summed E-state index contributed by atoms with van der Waals surface area (Å²) < 4.78 is 14.5. The van der Waals surface area contributed by atoms with Gasteiger partial charge in [-0.25, -0.2) is 9.37 Å². The van der Waals surface area contributed by atoms with E-state index < -0.39 is 11.7 Å². The number of halogens is 2. The van der Waals surface area contributed by atoms with Gasteiger partial charge in [0, 0.05) is 5.56 Å². The van der Waals surface area contributed by atoms with E-state index in [-0.39, 0.29) is 11.1 Å². The van der Waals surface area contributed by atoms with Crippen molar-refractivity contribution in [2.24, 2.45) is 0 Å². The van der Waals surface area contributed by atoms with Crippen molar-refractivity contribution in [2.45, 2.75) is 6.92 Å². The zero-order valence-electron chi connectivity index (χ0n) is 15.3. The highest BCUT2D eigenvalue weighted by molar-refractivity contribution is 6.34. The highest BCUT2D eigenvalue weighted by Crippen LogP contribution is 2.26. The van der Waals surface area contributed by atoms with Gasteiger partial charge in [0.05, 0.1) is 27.3 Å². The lowest BCUT2D eigenvalue weighted by Crippen LogP contribution is -2.22. The molecule has 0 fully saturated rings. The summed E-state index contributed by atoms with van der Waals surface area (Å²) in [5.41, 5.74) is 1.53. The van der Waals surface area contributed by atoms with Crippen molar-refractivity contribution in [3.8, 4) is 5.69 Å². The van der Waals surface area contributed by atoms with Crippen LogP contribution in [0.3, 0.4) is 0 Å². The molecular weight excluding hydrogens is 393 g/mol. The number of carbonyl (C=O) groups excluding carboxylic acids is 1. The molecule has 0 atom stereocenters. The number of hydrogen-bond donors (Lipinski definition) is 1. The summed E-state index contributed by atoms with van der Waals surface area (Å²) in [6.07, 6.45) is 0. The van der Waals surface area contributed by atoms with Crippen LogP contribution in [0.15, 0.2) is 71.5 Å². The molecule has 0 saturated heterocycles. The molecule has 4 rings (SSSR count). The Balaban J connectivity index is 1.76. The topological polar surface area (TPSA) is 64.0 Å². The van der Waals surface area contributed by atoms with E-state index in [0.29, 0.717) is 33.1 Å². The summed E-state index contributed by atoms with van der Waals surface area (Å²) >= 11 is 6.24. The number of hydrogen-bond acceptors (Lipinski definition) is 3. The maximum Gasteiger partial charge on any atom is 0.265 e. The van der Waals surface area contributed by atoms with Gasteiger partial charge in [0.25, 0.3) is 11.5 Å². The molecule has 0 unspecified atom stereocenters. The second-order valence-electron chi connectivity index (χ2n) is 6.44. The van der Waals surface area contributed by atoms with Gasteiger partial charge in [-0.1, -0.05) is 23.7 Å². The molecule has 0 aliphatic rings. The molecule has 1 aromatic heterocycles. The van der Waals surface area contributed by atoms with Gasteiger partial charge in [-0.2, -0.15) is 0 Å². The van der Waals surface area contributed by atoms with Gasteiger partial charge >= 0.3 is 0 Å². The number of aromatic nitrogens is 2. The number of benzene rings is 3. The summed E-state index contributed by atoms with van der Waals surface area (Å²) in [4.78, 5) is 29.9. The zero-order valence-corrected chi connectivity index (χ0v) is 16.1. The fourth-order valence-corrected chi connectivity index (χ4v) is 3.26. The zero-order chi connectivity index (χ0) is 20.5. The second kappa shape index (κ2) is 7.48. The number of para-hydroxylation sites is 1. The van der Waals surface area contributed by atoms with Crippen LogP contribution in [0.4, 0.5) is 10.1 Å². The quantitative estimate of drug-likeness (QED) is 0.533. The van der Waals surface area contributed by atoms with Crippen LogP contribution in [0.2, 0.25) is 5.02 Å². The van der Waals surface area contributed by atoms with Crippen LogP contribution in [-0.4, -0.2) is 15.5 Å². The highest BCUT2D eigenvalue weighted by Gasteiger charge is 2.13. The summed E-state index contributed by atoms with van der Waals surface area (Å²) in [7, 11) is 0. The van der Waals surface area contributed by atoms with Crippen LogP contribution >= 0.6 is 11.6 Å². The van der Waals surface area contributed by atoms with Crippen molar-refractivity contribution in [3.63, 3.8) is 0 Å². The number of aryl methyl sites for hydroxylation is 1. The average Bonchev–Trinajstić information content (AvgIpc) is 2.71. The van der Waals surface area contributed by atoms with Crippen LogP contribution in [0, 0.1) is 12.7 Å². The van der Waals surface area contributed by atoms with Crippen molar-refractivity contribution in [3.05, 3.63) is 99.3 Å². The molecule has 0 aliphatic carbocycles. The minimum Gasteiger partial charge on any atom is -0.321 e. The Bertz CT molecular complexity index is 1300. The SMILES string of the molecule is Cc1nc2ccccc2c(=O)n1-c1ccc(Cl)c(NC(=O)c2ccc(F)cc2)c1. The third kappa shape index (κ3) is 3.62. The van der Waals surface area contributed by atoms with E-state index in [2.05, 4.69) is 10.3 Å². The normalized spacial score (nSPS) is 10.9.